The predicted molar refractivity (Wildman–Crippen MR) is 140 cm³/mol. The first kappa shape index (κ1) is 27.9. The summed E-state index contributed by atoms with van der Waals surface area (Å²) < 4.78 is 22.3. The second kappa shape index (κ2) is 10.1. The lowest BCUT2D eigenvalue weighted by Crippen LogP contribution is -2.33. The van der Waals surface area contributed by atoms with Gasteiger partial charge in [-0.25, -0.2) is 9.59 Å². The summed E-state index contributed by atoms with van der Waals surface area (Å²) in [5.41, 5.74) is -1.41. The smallest absolute Gasteiger partial charge is 0.340 e. The van der Waals surface area contributed by atoms with Gasteiger partial charge in [0.2, 0.25) is 11.8 Å². The number of carbonyl (C=O) groups is 4. The first-order valence-corrected chi connectivity index (χ1v) is 12.5. The number of carboxylic acid groups (broad SMARTS) is 1. The van der Waals surface area contributed by atoms with Crippen LogP contribution in [0, 0.1) is 0 Å². The van der Waals surface area contributed by atoms with Crippen LogP contribution in [-0.2, 0) is 19.9 Å². The van der Waals surface area contributed by atoms with E-state index in [1.807, 2.05) is 0 Å². The molecule has 12 nitrogen and oxygen atoms in total. The molecule has 0 aliphatic carbocycles. The van der Waals surface area contributed by atoms with Crippen LogP contribution >= 0.6 is 23.2 Å². The van der Waals surface area contributed by atoms with Crippen LogP contribution in [0.4, 0.5) is 0 Å². The summed E-state index contributed by atoms with van der Waals surface area (Å²) in [5.74, 6) is -3.52. The molecule has 3 aromatic carbocycles. The zero-order chi connectivity index (χ0) is 29.8. The van der Waals surface area contributed by atoms with Gasteiger partial charge in [0, 0.05) is 18.4 Å². The van der Waals surface area contributed by atoms with Crippen LogP contribution in [0.1, 0.15) is 50.2 Å². The molecular formula is C27H19Cl2NO11. The fraction of sp³-hybridized carbons (Fsp3) is 0.185. The molecule has 0 unspecified atom stereocenters. The molecule has 2 amide bonds. The number of amides is 2. The molecule has 4 N–H and O–H groups in total. The minimum atomic E-state index is -1.82. The average molecular weight is 604 g/mol. The number of esters is 1. The van der Waals surface area contributed by atoms with Crippen molar-refractivity contribution in [3.05, 3.63) is 68.2 Å². The number of methoxy groups -OCH3 is 2. The number of hydrogen-bond donors (Lipinski definition) is 4. The third-order valence-electron chi connectivity index (χ3n) is 6.69. The number of phenolic OH excluding ortho intramolecular Hbond substituents is 2. The number of halogens is 2. The van der Waals surface area contributed by atoms with E-state index < -0.39 is 29.0 Å². The highest BCUT2D eigenvalue weighted by Gasteiger charge is 2.56. The van der Waals surface area contributed by atoms with E-state index in [2.05, 4.69) is 5.32 Å². The van der Waals surface area contributed by atoms with Gasteiger partial charge < -0.3 is 34.3 Å². The van der Waals surface area contributed by atoms with Gasteiger partial charge >= 0.3 is 11.9 Å². The van der Waals surface area contributed by atoms with Crippen LogP contribution in [0.15, 0.2) is 30.3 Å². The lowest BCUT2D eigenvalue weighted by molar-refractivity contribution is -0.124. The SMILES string of the molecule is COc1cc2c(c(Cl)c1O)Oc1c(cc(OC)c(O)c1Cl)C21OC(=O)c2ccc(C(=O)O)cc21.O=C1CCC(=O)N1. The molecule has 3 heterocycles. The number of nitrogens with one attached hydrogen (secondary N) is 1. The third-order valence-corrected chi connectivity index (χ3v) is 7.39. The summed E-state index contributed by atoms with van der Waals surface area (Å²) in [5, 5.41) is 32.1. The fourth-order valence-electron chi connectivity index (χ4n) is 4.78. The zero-order valence-electron chi connectivity index (χ0n) is 21.2. The van der Waals surface area contributed by atoms with E-state index in [-0.39, 0.29) is 72.7 Å². The Morgan fingerprint density at radius 2 is 1.39 bits per heavy atom. The minimum absolute atomic E-state index is 0.0501. The number of imide groups is 1. The topological polar surface area (TPSA) is 178 Å². The van der Waals surface area contributed by atoms with Gasteiger partial charge in [0.15, 0.2) is 40.1 Å². The molecule has 14 heteroatoms. The number of phenols is 2. The number of rotatable bonds is 3. The highest BCUT2D eigenvalue weighted by Crippen LogP contribution is 2.63. The summed E-state index contributed by atoms with van der Waals surface area (Å²) in [4.78, 5) is 45.0. The van der Waals surface area contributed by atoms with Crippen LogP contribution in [0.2, 0.25) is 10.0 Å². The normalized spacial score (nSPS) is 15.5. The maximum atomic E-state index is 13.0. The maximum absolute atomic E-state index is 13.0. The second-order valence-corrected chi connectivity index (χ2v) is 9.70. The minimum Gasteiger partial charge on any atom is -0.503 e. The van der Waals surface area contributed by atoms with Gasteiger partial charge in [0.1, 0.15) is 10.0 Å². The molecule has 0 radical (unpaired) electrons. The van der Waals surface area contributed by atoms with Crippen LogP contribution < -0.4 is 19.5 Å². The van der Waals surface area contributed by atoms with Crippen LogP contribution in [0.3, 0.4) is 0 Å². The number of benzene rings is 3. The lowest BCUT2D eigenvalue weighted by Gasteiger charge is -2.37. The van der Waals surface area contributed by atoms with E-state index in [9.17, 15) is 34.5 Å². The van der Waals surface area contributed by atoms with Crippen LogP contribution in [0.5, 0.6) is 34.5 Å². The number of fused-ring (bicyclic) bond motifs is 6. The van der Waals surface area contributed by atoms with E-state index in [0.717, 1.165) is 0 Å². The van der Waals surface area contributed by atoms with Gasteiger partial charge in [-0.3, -0.25) is 14.9 Å². The highest BCUT2D eigenvalue weighted by atomic mass is 35.5. The molecule has 0 atom stereocenters. The predicted octanol–water partition coefficient (Wildman–Crippen LogP) is 4.11. The lowest BCUT2D eigenvalue weighted by atomic mass is 9.77. The van der Waals surface area contributed by atoms with Gasteiger partial charge in [0.05, 0.1) is 36.5 Å². The maximum Gasteiger partial charge on any atom is 0.340 e. The first-order valence-electron chi connectivity index (χ1n) is 11.8. The van der Waals surface area contributed by atoms with E-state index >= 15 is 0 Å². The quantitative estimate of drug-likeness (QED) is 0.250. The zero-order valence-corrected chi connectivity index (χ0v) is 22.7. The highest BCUT2D eigenvalue weighted by molar-refractivity contribution is 6.35. The second-order valence-electron chi connectivity index (χ2n) is 8.95. The average Bonchev–Trinajstić information content (AvgIpc) is 3.47. The molecule has 0 aromatic heterocycles. The molecule has 212 valence electrons. The van der Waals surface area contributed by atoms with E-state index in [0.29, 0.717) is 12.8 Å². The molecule has 3 aliphatic heterocycles. The number of aromatic hydroxyl groups is 2. The molecule has 41 heavy (non-hydrogen) atoms. The van der Waals surface area contributed by atoms with Gasteiger partial charge in [-0.05, 0) is 30.3 Å². The van der Waals surface area contributed by atoms with Gasteiger partial charge in [-0.1, -0.05) is 23.2 Å². The van der Waals surface area contributed by atoms with Crippen molar-refractivity contribution in [1.29, 1.82) is 0 Å². The number of aromatic carboxylic acids is 1. The summed E-state index contributed by atoms with van der Waals surface area (Å²) in [7, 11) is 2.61. The van der Waals surface area contributed by atoms with Crippen molar-refractivity contribution in [2.75, 3.05) is 14.2 Å². The van der Waals surface area contributed by atoms with Crippen molar-refractivity contribution in [3.63, 3.8) is 0 Å². The number of carbonyl (C=O) groups excluding carboxylic acids is 3. The van der Waals surface area contributed by atoms with Gasteiger partial charge in [-0.15, -0.1) is 0 Å². The first-order chi connectivity index (χ1) is 19.4. The van der Waals surface area contributed by atoms with E-state index in [4.69, 9.17) is 42.1 Å². The van der Waals surface area contributed by atoms with Crippen molar-refractivity contribution in [3.8, 4) is 34.5 Å². The van der Waals surface area contributed by atoms with Crippen molar-refractivity contribution in [2.45, 2.75) is 18.4 Å². The Morgan fingerprint density at radius 3 is 1.80 bits per heavy atom. The molecule has 1 fully saturated rings. The van der Waals surface area contributed by atoms with Gasteiger partial charge in [0.25, 0.3) is 0 Å². The van der Waals surface area contributed by atoms with E-state index in [1.54, 1.807) is 0 Å². The van der Waals surface area contributed by atoms with Crippen LogP contribution in [-0.4, -0.2) is 53.3 Å². The standard InChI is InChI=1S/C23H14Cl2O9.C4H5NO2/c1-31-13-6-11-19(15(24)17(13)26)33-20-12(7-14(32-2)18(27)16(20)25)23(11)10-5-8(21(28)29)3-4-9(10)22(30)34-23;6-3-1-2-4(7)5-3/h3-7,26-27H,1-2H3,(H,28,29);1-2H2,(H,5,6,7). The Bertz CT molecular complexity index is 1610. The molecule has 6 rings (SSSR count). The molecule has 0 saturated carbocycles. The molecule has 1 saturated heterocycles. The monoisotopic (exact) mass is 603 g/mol. The number of hydrogen-bond acceptors (Lipinski definition) is 10. The molecule has 3 aliphatic rings. The third kappa shape index (κ3) is 4.23. The summed E-state index contributed by atoms with van der Waals surface area (Å²) in [6.07, 6.45) is 0.748. The Balaban J connectivity index is 0.000000423. The Morgan fingerprint density at radius 1 is 0.878 bits per heavy atom. The van der Waals surface area contributed by atoms with Crippen molar-refractivity contribution in [1.82, 2.24) is 5.32 Å². The molecule has 3 aromatic rings. The molecule has 0 bridgehead atoms. The Kier molecular flexibility index (Phi) is 6.84. The summed E-state index contributed by atoms with van der Waals surface area (Å²) >= 11 is 12.8. The Labute approximate surface area is 240 Å². The number of carboxylic acids is 1. The number of ether oxygens (including phenoxy) is 4. The van der Waals surface area contributed by atoms with Crippen molar-refractivity contribution in [2.24, 2.45) is 0 Å². The Hall–Kier alpha value is -4.68. The summed E-state index contributed by atoms with van der Waals surface area (Å²) in [6, 6.07) is 6.63. The fourth-order valence-corrected chi connectivity index (χ4v) is 5.25. The largest absolute Gasteiger partial charge is 0.503 e. The van der Waals surface area contributed by atoms with Crippen LogP contribution in [0.25, 0.3) is 0 Å². The van der Waals surface area contributed by atoms with Crippen molar-refractivity contribution < 1.29 is 53.4 Å². The van der Waals surface area contributed by atoms with Gasteiger partial charge in [-0.2, -0.15) is 0 Å². The van der Waals surface area contributed by atoms with E-state index in [1.165, 1.54) is 44.6 Å². The van der Waals surface area contributed by atoms with Crippen molar-refractivity contribution >= 4 is 47.0 Å². The molecule has 1 spiro atoms. The summed E-state index contributed by atoms with van der Waals surface area (Å²) in [6.45, 7) is 0. The molecular weight excluding hydrogens is 585 g/mol.